The van der Waals surface area contributed by atoms with Gasteiger partial charge in [0.05, 0.1) is 6.10 Å². The van der Waals surface area contributed by atoms with E-state index in [0.29, 0.717) is 12.5 Å². The molecule has 72 valence electrons. The molecule has 0 heterocycles. The quantitative estimate of drug-likeness (QED) is 0.700. The summed E-state index contributed by atoms with van der Waals surface area (Å²) in [7, 11) is 0. The van der Waals surface area contributed by atoms with Crippen molar-refractivity contribution in [3.63, 3.8) is 0 Å². The Morgan fingerprint density at radius 1 is 1.58 bits per heavy atom. The molecular formula is C10H21NO. The predicted octanol–water partition coefficient (Wildman–Crippen LogP) is 1.49. The van der Waals surface area contributed by atoms with E-state index in [2.05, 4.69) is 0 Å². The van der Waals surface area contributed by atoms with Crippen LogP contribution in [0.2, 0.25) is 0 Å². The molecule has 0 saturated heterocycles. The average molecular weight is 174 g/mol. The molecule has 1 rings (SSSR count). The maximum Gasteiger partial charge on any atom is 0.0695 e. The number of rotatable bonds is 3. The van der Waals surface area contributed by atoms with Crippen LogP contribution in [0.25, 0.3) is 0 Å². The van der Waals surface area contributed by atoms with Crippen molar-refractivity contribution in [3.8, 4) is 0 Å². The molecule has 2 nitrogen and oxygen atoms in total. The van der Waals surface area contributed by atoms with Crippen LogP contribution in [-0.4, -0.2) is 35.7 Å². The van der Waals surface area contributed by atoms with Crippen molar-refractivity contribution in [3.05, 3.63) is 0 Å². The summed E-state index contributed by atoms with van der Waals surface area (Å²) in [6.45, 7) is 2.44. The van der Waals surface area contributed by atoms with Crippen LogP contribution in [0, 0.1) is 5.92 Å². The van der Waals surface area contributed by atoms with Crippen molar-refractivity contribution in [2.75, 3.05) is 13.5 Å². The Kier molecular flexibility index (Phi) is 2.26. The van der Waals surface area contributed by atoms with Gasteiger partial charge >= 0.3 is 0 Å². The lowest BCUT2D eigenvalue weighted by Crippen LogP contribution is -2.39. The fraction of sp³-hybridized carbons (Fsp3) is 1.00. The molecule has 0 bridgehead atoms. The lowest BCUT2D eigenvalue weighted by atomic mass is 10.1. The summed E-state index contributed by atoms with van der Waals surface area (Å²) in [5, 5.41) is 9.74. The zero-order valence-corrected chi connectivity index (χ0v) is 7.95. The van der Waals surface area contributed by atoms with Gasteiger partial charge in [-0.25, -0.2) is 0 Å². The first-order valence-electron chi connectivity index (χ1n) is 6.27. The molecule has 1 aliphatic rings. The third-order valence-corrected chi connectivity index (χ3v) is 2.41. The highest BCUT2D eigenvalue weighted by Crippen LogP contribution is 2.23. The second-order valence-electron chi connectivity index (χ2n) is 4.11. The highest BCUT2D eigenvalue weighted by atomic mass is 16.3. The zero-order valence-electron chi connectivity index (χ0n) is 11.0. The van der Waals surface area contributed by atoms with Crippen LogP contribution in [0.3, 0.4) is 0 Å². The lowest BCUT2D eigenvalue weighted by molar-refractivity contribution is 0.0801. The molecule has 0 aromatic carbocycles. The molecule has 1 N–H and O–H groups in total. The van der Waals surface area contributed by atoms with Crippen molar-refractivity contribution in [2.24, 2.45) is 5.92 Å². The number of likely N-dealkylation sites (N-methyl/N-ethyl adjacent to an activating group) is 1. The summed E-state index contributed by atoms with van der Waals surface area (Å²) in [6, 6.07) is -0.181. The zero-order chi connectivity index (χ0) is 11.6. The highest BCUT2D eigenvalue weighted by Gasteiger charge is 2.28. The van der Waals surface area contributed by atoms with E-state index < -0.39 is 13.1 Å². The summed E-state index contributed by atoms with van der Waals surface area (Å²) >= 11 is 0. The number of hydrogen-bond donors (Lipinski definition) is 1. The first-order valence-corrected chi connectivity index (χ1v) is 4.77. The minimum atomic E-state index is -2.08. The average Bonchev–Trinajstić information content (AvgIpc) is 2.45. The maximum atomic E-state index is 9.74. The molecule has 0 aromatic heterocycles. The molecule has 1 saturated carbocycles. The van der Waals surface area contributed by atoms with Crippen molar-refractivity contribution >= 4 is 0 Å². The van der Waals surface area contributed by atoms with E-state index in [1.54, 1.807) is 0 Å². The van der Waals surface area contributed by atoms with Gasteiger partial charge in [-0.3, -0.25) is 0 Å². The summed E-state index contributed by atoms with van der Waals surface area (Å²) in [5.74, 6) is 0.304. The standard InChI is InChI=1S/C10H21NO/c1-8(2)7-11(3)9-5-4-6-10(9)12/h8-10,12H,4-7H2,1-3H3/i3D3. The van der Waals surface area contributed by atoms with Gasteiger partial charge in [0, 0.05) is 16.7 Å². The number of hydrogen-bond acceptors (Lipinski definition) is 2. The van der Waals surface area contributed by atoms with E-state index in [-0.39, 0.29) is 6.04 Å². The van der Waals surface area contributed by atoms with Crippen LogP contribution in [0.5, 0.6) is 0 Å². The summed E-state index contributed by atoms with van der Waals surface area (Å²) in [4.78, 5) is 1.50. The van der Waals surface area contributed by atoms with Crippen molar-refractivity contribution in [1.29, 1.82) is 0 Å². The number of nitrogens with zero attached hydrogens (tertiary/aromatic N) is 1. The number of aliphatic hydroxyl groups is 1. The van der Waals surface area contributed by atoms with Crippen molar-refractivity contribution in [1.82, 2.24) is 4.90 Å². The van der Waals surface area contributed by atoms with Crippen LogP contribution in [0.4, 0.5) is 0 Å². The molecule has 0 aromatic rings. The molecule has 12 heavy (non-hydrogen) atoms. The summed E-state index contributed by atoms with van der Waals surface area (Å²) < 4.78 is 22.5. The van der Waals surface area contributed by atoms with Gasteiger partial charge in [0.25, 0.3) is 0 Å². The Hall–Kier alpha value is -0.0800. The fourth-order valence-electron chi connectivity index (χ4n) is 1.81. The predicted molar refractivity (Wildman–Crippen MR) is 51.1 cm³/mol. The largest absolute Gasteiger partial charge is 0.391 e. The van der Waals surface area contributed by atoms with Crippen molar-refractivity contribution in [2.45, 2.75) is 45.3 Å². The van der Waals surface area contributed by atoms with Crippen LogP contribution < -0.4 is 0 Å². The molecule has 0 amide bonds. The lowest BCUT2D eigenvalue weighted by Gasteiger charge is -2.28. The highest BCUT2D eigenvalue weighted by molar-refractivity contribution is 4.83. The van der Waals surface area contributed by atoms with Gasteiger partial charge < -0.3 is 10.0 Å². The first kappa shape index (κ1) is 6.39. The third kappa shape index (κ3) is 2.46. The van der Waals surface area contributed by atoms with Gasteiger partial charge in [-0.1, -0.05) is 13.8 Å². The van der Waals surface area contributed by atoms with Gasteiger partial charge in [-0.15, -0.1) is 0 Å². The summed E-state index contributed by atoms with van der Waals surface area (Å²) in [5.41, 5.74) is 0. The van der Waals surface area contributed by atoms with E-state index in [1.807, 2.05) is 13.8 Å². The van der Waals surface area contributed by atoms with Crippen LogP contribution >= 0.6 is 0 Å². The molecule has 1 fully saturated rings. The van der Waals surface area contributed by atoms with Crippen LogP contribution in [-0.2, 0) is 0 Å². The van der Waals surface area contributed by atoms with Gasteiger partial charge in [-0.05, 0) is 32.2 Å². The SMILES string of the molecule is [2H]C([2H])([2H])N(CC(C)C)C1CCCC1O. The Balaban J connectivity index is 2.71. The Bertz CT molecular complexity index is 205. The van der Waals surface area contributed by atoms with Gasteiger partial charge in [-0.2, -0.15) is 0 Å². The molecule has 1 aliphatic carbocycles. The monoisotopic (exact) mass is 174 g/mol. The van der Waals surface area contributed by atoms with Crippen molar-refractivity contribution < 1.29 is 9.22 Å². The Morgan fingerprint density at radius 3 is 2.75 bits per heavy atom. The Morgan fingerprint density at radius 2 is 2.33 bits per heavy atom. The molecule has 0 spiro atoms. The van der Waals surface area contributed by atoms with Gasteiger partial charge in [0.1, 0.15) is 0 Å². The van der Waals surface area contributed by atoms with E-state index in [4.69, 9.17) is 4.11 Å². The molecule has 0 aliphatic heterocycles. The number of aliphatic hydroxyl groups excluding tert-OH is 1. The van der Waals surface area contributed by atoms with E-state index >= 15 is 0 Å². The second-order valence-corrected chi connectivity index (χ2v) is 4.11. The van der Waals surface area contributed by atoms with E-state index in [9.17, 15) is 5.11 Å². The maximum absolute atomic E-state index is 9.74. The molecule has 0 radical (unpaired) electrons. The normalized spacial score (nSPS) is 35.2. The molecule has 2 unspecified atom stereocenters. The molecule has 2 atom stereocenters. The Labute approximate surface area is 79.8 Å². The topological polar surface area (TPSA) is 23.5 Å². The fourth-order valence-corrected chi connectivity index (χ4v) is 1.81. The molecule has 2 heteroatoms. The third-order valence-electron chi connectivity index (χ3n) is 2.41. The van der Waals surface area contributed by atoms with Crippen LogP contribution in [0.15, 0.2) is 0 Å². The second kappa shape index (κ2) is 4.24. The van der Waals surface area contributed by atoms with Crippen LogP contribution in [0.1, 0.15) is 37.2 Å². The molecular weight excluding hydrogens is 150 g/mol. The minimum Gasteiger partial charge on any atom is -0.391 e. The van der Waals surface area contributed by atoms with Gasteiger partial charge in [0.2, 0.25) is 0 Å². The van der Waals surface area contributed by atoms with E-state index in [1.165, 1.54) is 4.90 Å². The minimum absolute atomic E-state index is 0.181. The summed E-state index contributed by atoms with van der Waals surface area (Å²) in [6.07, 6.45) is 1.99. The smallest absolute Gasteiger partial charge is 0.0695 e. The van der Waals surface area contributed by atoms with E-state index in [0.717, 1.165) is 19.3 Å². The van der Waals surface area contributed by atoms with Gasteiger partial charge in [0.15, 0.2) is 0 Å². The first-order chi connectivity index (χ1) is 6.82.